The third-order valence-electron chi connectivity index (χ3n) is 8.14. The van der Waals surface area contributed by atoms with Crippen molar-refractivity contribution in [2.45, 2.75) is 0 Å². The minimum absolute atomic E-state index is 0.731. The molecule has 42 heavy (non-hydrogen) atoms. The molecule has 2 nitrogen and oxygen atoms in total. The van der Waals surface area contributed by atoms with E-state index in [0.717, 1.165) is 28.2 Å². The molecular formula is C40H26N2. The highest BCUT2D eigenvalue weighted by Gasteiger charge is 2.13. The average Bonchev–Trinajstić information content (AvgIpc) is 3.09. The first kappa shape index (κ1) is 24.2. The van der Waals surface area contributed by atoms with Crippen molar-refractivity contribution in [3.63, 3.8) is 0 Å². The lowest BCUT2D eigenvalue weighted by molar-refractivity contribution is 1.18. The Morgan fingerprint density at radius 2 is 0.857 bits per heavy atom. The highest BCUT2D eigenvalue weighted by atomic mass is 14.9. The second-order valence-corrected chi connectivity index (χ2v) is 10.6. The molecule has 0 radical (unpaired) electrons. The number of rotatable bonds is 4. The minimum atomic E-state index is 0.731. The molecule has 2 heteroatoms. The molecule has 8 rings (SSSR count). The van der Waals surface area contributed by atoms with Crippen LogP contribution in [0.15, 0.2) is 158 Å². The molecule has 0 atom stereocenters. The summed E-state index contributed by atoms with van der Waals surface area (Å²) >= 11 is 0. The van der Waals surface area contributed by atoms with Crippen molar-refractivity contribution >= 4 is 32.3 Å². The maximum atomic E-state index is 4.91. The summed E-state index contributed by atoms with van der Waals surface area (Å²) in [5, 5.41) is 7.72. The van der Waals surface area contributed by atoms with E-state index in [4.69, 9.17) is 4.98 Å². The predicted molar refractivity (Wildman–Crippen MR) is 176 cm³/mol. The van der Waals surface area contributed by atoms with Gasteiger partial charge in [-0.25, -0.2) is 9.97 Å². The van der Waals surface area contributed by atoms with E-state index in [1.54, 1.807) is 0 Å². The molecule has 1 aromatic heterocycles. The van der Waals surface area contributed by atoms with E-state index < -0.39 is 0 Å². The fraction of sp³-hybridized carbons (Fsp3) is 0. The molecule has 0 aliphatic carbocycles. The number of benzene rings is 7. The number of nitrogens with zero attached hydrogens (tertiary/aromatic N) is 2. The Balaban J connectivity index is 1.26. The predicted octanol–water partition coefficient (Wildman–Crippen LogP) is 10.6. The maximum absolute atomic E-state index is 4.91. The smallest absolute Gasteiger partial charge is 0.159 e. The lowest BCUT2D eigenvalue weighted by atomic mass is 9.89. The first-order chi connectivity index (χ1) is 20.8. The van der Waals surface area contributed by atoms with Gasteiger partial charge in [0, 0.05) is 17.3 Å². The standard InChI is InChI=1S/C40H26N2/c1-2-11-27(12-3-1)40-41-24-23-39(42-40)30-14-10-13-28(25-30)31-15-4-5-16-32(31)29-21-22-37-35-19-7-6-17-33(35)34-18-8-9-20-36(34)38(37)26-29/h1-26H. The maximum Gasteiger partial charge on any atom is 0.159 e. The van der Waals surface area contributed by atoms with Crippen molar-refractivity contribution in [3.05, 3.63) is 158 Å². The Hall–Kier alpha value is -5.60. The lowest BCUT2D eigenvalue weighted by Gasteiger charge is -2.15. The summed E-state index contributed by atoms with van der Waals surface area (Å²) < 4.78 is 0. The van der Waals surface area contributed by atoms with Crippen LogP contribution >= 0.6 is 0 Å². The van der Waals surface area contributed by atoms with Gasteiger partial charge in [-0.2, -0.15) is 0 Å². The van der Waals surface area contributed by atoms with Gasteiger partial charge in [0.15, 0.2) is 5.82 Å². The topological polar surface area (TPSA) is 25.8 Å². The molecule has 0 fully saturated rings. The zero-order valence-corrected chi connectivity index (χ0v) is 22.9. The fourth-order valence-corrected chi connectivity index (χ4v) is 6.15. The third-order valence-corrected chi connectivity index (χ3v) is 8.14. The van der Waals surface area contributed by atoms with Gasteiger partial charge in [-0.1, -0.05) is 133 Å². The SMILES string of the molecule is c1ccc(-c2nccc(-c3cccc(-c4ccccc4-c4ccc5c6ccccc6c6ccccc6c5c4)c3)n2)cc1. The Morgan fingerprint density at radius 1 is 0.333 bits per heavy atom. The summed E-state index contributed by atoms with van der Waals surface area (Å²) in [4.78, 5) is 9.43. The van der Waals surface area contributed by atoms with Gasteiger partial charge in [-0.15, -0.1) is 0 Å². The van der Waals surface area contributed by atoms with E-state index in [-0.39, 0.29) is 0 Å². The molecule has 0 saturated heterocycles. The summed E-state index contributed by atoms with van der Waals surface area (Å²) in [6.07, 6.45) is 1.84. The molecule has 0 amide bonds. The zero-order valence-electron chi connectivity index (χ0n) is 22.9. The van der Waals surface area contributed by atoms with Crippen LogP contribution in [0, 0.1) is 0 Å². The molecule has 0 bridgehead atoms. The quantitative estimate of drug-likeness (QED) is 0.210. The molecule has 0 spiro atoms. The molecular weight excluding hydrogens is 508 g/mol. The summed E-state index contributed by atoms with van der Waals surface area (Å²) in [7, 11) is 0. The monoisotopic (exact) mass is 534 g/mol. The van der Waals surface area contributed by atoms with Crippen molar-refractivity contribution in [1.82, 2.24) is 9.97 Å². The van der Waals surface area contributed by atoms with Crippen LogP contribution in [0.3, 0.4) is 0 Å². The summed E-state index contributed by atoms with van der Waals surface area (Å²) in [6.45, 7) is 0. The third kappa shape index (κ3) is 4.13. The van der Waals surface area contributed by atoms with Crippen LogP contribution < -0.4 is 0 Å². The van der Waals surface area contributed by atoms with Crippen LogP contribution in [0.2, 0.25) is 0 Å². The van der Waals surface area contributed by atoms with Crippen LogP contribution in [-0.2, 0) is 0 Å². The molecule has 1 heterocycles. The highest BCUT2D eigenvalue weighted by Crippen LogP contribution is 2.39. The van der Waals surface area contributed by atoms with E-state index in [9.17, 15) is 0 Å². The Labute approximate surface area is 244 Å². The number of fused-ring (bicyclic) bond motifs is 6. The molecule has 0 unspecified atom stereocenters. The average molecular weight is 535 g/mol. The van der Waals surface area contributed by atoms with Crippen molar-refractivity contribution in [2.24, 2.45) is 0 Å². The largest absolute Gasteiger partial charge is 0.237 e. The summed E-state index contributed by atoms with van der Waals surface area (Å²) in [5.74, 6) is 0.731. The second-order valence-electron chi connectivity index (χ2n) is 10.6. The Bertz CT molecular complexity index is 2210. The molecule has 0 aliphatic heterocycles. The van der Waals surface area contributed by atoms with Gasteiger partial charge >= 0.3 is 0 Å². The Kier molecular flexibility index (Phi) is 5.82. The van der Waals surface area contributed by atoms with E-state index in [0.29, 0.717) is 0 Å². The van der Waals surface area contributed by atoms with Gasteiger partial charge in [0.25, 0.3) is 0 Å². The first-order valence-corrected chi connectivity index (χ1v) is 14.3. The van der Waals surface area contributed by atoms with Crippen LogP contribution in [-0.4, -0.2) is 9.97 Å². The molecule has 196 valence electrons. The number of hydrogen-bond acceptors (Lipinski definition) is 2. The van der Waals surface area contributed by atoms with Crippen LogP contribution in [0.1, 0.15) is 0 Å². The first-order valence-electron chi connectivity index (χ1n) is 14.3. The van der Waals surface area contributed by atoms with Crippen LogP contribution in [0.5, 0.6) is 0 Å². The Morgan fingerprint density at radius 3 is 1.55 bits per heavy atom. The van der Waals surface area contributed by atoms with Gasteiger partial charge in [0.2, 0.25) is 0 Å². The molecule has 0 saturated carbocycles. The minimum Gasteiger partial charge on any atom is -0.237 e. The van der Waals surface area contributed by atoms with Gasteiger partial charge in [-0.3, -0.25) is 0 Å². The van der Waals surface area contributed by atoms with Crippen LogP contribution in [0.4, 0.5) is 0 Å². The normalized spacial score (nSPS) is 11.3. The van der Waals surface area contributed by atoms with E-state index in [1.165, 1.54) is 49.0 Å². The van der Waals surface area contributed by atoms with Gasteiger partial charge in [0.1, 0.15) is 0 Å². The second kappa shape index (κ2) is 10.1. The van der Waals surface area contributed by atoms with Crippen molar-refractivity contribution in [2.75, 3.05) is 0 Å². The van der Waals surface area contributed by atoms with Crippen molar-refractivity contribution in [3.8, 4) is 44.9 Å². The van der Waals surface area contributed by atoms with Crippen molar-refractivity contribution in [1.29, 1.82) is 0 Å². The van der Waals surface area contributed by atoms with E-state index in [1.807, 2.05) is 42.6 Å². The molecule has 0 aliphatic rings. The van der Waals surface area contributed by atoms with E-state index in [2.05, 4.69) is 120 Å². The highest BCUT2D eigenvalue weighted by molar-refractivity contribution is 6.25. The van der Waals surface area contributed by atoms with Crippen molar-refractivity contribution < 1.29 is 0 Å². The summed E-state index contributed by atoms with van der Waals surface area (Å²) in [6, 6.07) is 53.9. The lowest BCUT2D eigenvalue weighted by Crippen LogP contribution is -1.92. The molecule has 7 aromatic carbocycles. The molecule has 0 N–H and O–H groups in total. The molecule has 8 aromatic rings. The van der Waals surface area contributed by atoms with Crippen LogP contribution in [0.25, 0.3) is 77.2 Å². The van der Waals surface area contributed by atoms with Gasteiger partial charge in [-0.05, 0) is 72.8 Å². The number of aromatic nitrogens is 2. The van der Waals surface area contributed by atoms with Gasteiger partial charge < -0.3 is 0 Å². The zero-order chi connectivity index (χ0) is 27.9. The summed E-state index contributed by atoms with van der Waals surface area (Å²) in [5.41, 5.74) is 7.76. The van der Waals surface area contributed by atoms with E-state index >= 15 is 0 Å². The number of hydrogen-bond donors (Lipinski definition) is 0. The fourth-order valence-electron chi connectivity index (χ4n) is 6.15. The van der Waals surface area contributed by atoms with Gasteiger partial charge in [0.05, 0.1) is 5.69 Å².